The number of ether oxygens (including phenoxy) is 1. The molecule has 0 spiro atoms. The highest BCUT2D eigenvalue weighted by atomic mass is 32.2. The van der Waals surface area contributed by atoms with Crippen LogP contribution in [-0.2, 0) is 4.79 Å². The summed E-state index contributed by atoms with van der Waals surface area (Å²) in [4.78, 5) is 18.6. The Bertz CT molecular complexity index is 861. The van der Waals surface area contributed by atoms with Crippen LogP contribution in [0.4, 0.5) is 5.69 Å². The van der Waals surface area contributed by atoms with Crippen molar-refractivity contribution >= 4 is 51.7 Å². The van der Waals surface area contributed by atoms with Gasteiger partial charge in [0.25, 0.3) is 5.91 Å². The Morgan fingerprint density at radius 1 is 1.30 bits per heavy atom. The molecule has 0 aliphatic carbocycles. The summed E-state index contributed by atoms with van der Waals surface area (Å²) in [5.74, 6) is 0.818. The molecule has 1 aromatic rings. The molecule has 0 bridgehead atoms. The molecule has 4 nitrogen and oxygen atoms in total. The lowest BCUT2D eigenvalue weighted by Gasteiger charge is -2.19. The fraction of sp³-hybridized carbons (Fsp3) is 0.300. The van der Waals surface area contributed by atoms with Gasteiger partial charge in [0.05, 0.1) is 22.7 Å². The van der Waals surface area contributed by atoms with E-state index < -0.39 is 0 Å². The number of amides is 1. The molecule has 3 rings (SSSR count). The number of thioether (sulfide) groups is 2. The lowest BCUT2D eigenvalue weighted by molar-refractivity contribution is -0.121. The molecule has 1 fully saturated rings. The van der Waals surface area contributed by atoms with E-state index in [1.165, 1.54) is 16.7 Å². The largest absolute Gasteiger partial charge is 0.497 e. The van der Waals surface area contributed by atoms with Gasteiger partial charge in [0.2, 0.25) is 0 Å². The molecule has 0 N–H and O–H groups in total. The zero-order chi connectivity index (χ0) is 19.6. The van der Waals surface area contributed by atoms with Crippen LogP contribution in [0.2, 0.25) is 0 Å². The molecule has 1 saturated heterocycles. The molecule has 0 unspecified atom stereocenters. The molecule has 0 aromatic heterocycles. The van der Waals surface area contributed by atoms with Gasteiger partial charge in [0.1, 0.15) is 10.1 Å². The summed E-state index contributed by atoms with van der Waals surface area (Å²) in [6.07, 6.45) is 4.59. The van der Waals surface area contributed by atoms with Gasteiger partial charge in [-0.3, -0.25) is 9.69 Å². The Balaban J connectivity index is 1.98. The maximum absolute atomic E-state index is 12.8. The smallest absolute Gasteiger partial charge is 0.266 e. The van der Waals surface area contributed by atoms with E-state index >= 15 is 0 Å². The molecule has 27 heavy (non-hydrogen) atoms. The number of carbonyl (C=O) groups is 1. The first-order chi connectivity index (χ1) is 13.0. The van der Waals surface area contributed by atoms with Crippen molar-refractivity contribution in [3.8, 4) is 5.75 Å². The Labute approximate surface area is 174 Å². The van der Waals surface area contributed by atoms with Crippen LogP contribution < -0.4 is 9.64 Å². The third-order valence-corrected chi connectivity index (χ3v) is 7.00. The number of carbonyl (C=O) groups excluding carboxylic acids is 1. The molecule has 2 aliphatic rings. The zero-order valence-corrected chi connectivity index (χ0v) is 18.1. The van der Waals surface area contributed by atoms with E-state index in [1.807, 2.05) is 6.07 Å². The highest BCUT2D eigenvalue weighted by Gasteiger charge is 2.33. The predicted molar refractivity (Wildman–Crippen MR) is 119 cm³/mol. The molecule has 2 aliphatic heterocycles. The maximum atomic E-state index is 12.8. The lowest BCUT2D eigenvalue weighted by Crippen LogP contribution is -2.28. The van der Waals surface area contributed by atoms with Gasteiger partial charge in [-0.15, -0.1) is 6.58 Å². The van der Waals surface area contributed by atoms with E-state index in [-0.39, 0.29) is 5.91 Å². The number of methoxy groups -OCH3 is 1. The topological polar surface area (TPSA) is 32.8 Å². The molecule has 1 aromatic carbocycles. The average Bonchev–Trinajstić information content (AvgIpc) is 3.16. The number of anilines is 1. The van der Waals surface area contributed by atoms with E-state index in [9.17, 15) is 4.79 Å². The van der Waals surface area contributed by atoms with Crippen molar-refractivity contribution < 1.29 is 9.53 Å². The molecule has 142 valence electrons. The van der Waals surface area contributed by atoms with E-state index in [4.69, 9.17) is 17.0 Å². The number of nitrogens with zero attached hydrogens (tertiary/aromatic N) is 2. The molecule has 0 atom stereocenters. The van der Waals surface area contributed by atoms with Crippen LogP contribution in [0.1, 0.15) is 20.3 Å². The zero-order valence-electron chi connectivity index (χ0n) is 15.7. The standard InChI is InChI=1S/C20H22N2O2S3/c1-5-10-22-19(23)18(27-20(22)25)13(6-2)11-17-21(7-3)15-12-14(24-4)8-9-16(15)26-17/h5,8-9,11-12H,1,6-7,10H2,2-4H3/b17-11+,18-13-. The molecule has 0 saturated carbocycles. The van der Waals surface area contributed by atoms with Crippen molar-refractivity contribution in [2.45, 2.75) is 25.2 Å². The van der Waals surface area contributed by atoms with Crippen molar-refractivity contribution in [3.63, 3.8) is 0 Å². The molecular formula is C20H22N2O2S3. The number of hydrogen-bond donors (Lipinski definition) is 0. The molecule has 7 heteroatoms. The summed E-state index contributed by atoms with van der Waals surface area (Å²) in [5, 5.41) is 1.12. The Kier molecular flexibility index (Phi) is 6.34. The third-order valence-electron chi connectivity index (χ3n) is 4.38. The Morgan fingerprint density at radius 3 is 2.70 bits per heavy atom. The van der Waals surface area contributed by atoms with Crippen molar-refractivity contribution in [2.75, 3.05) is 25.1 Å². The van der Waals surface area contributed by atoms with Crippen LogP contribution in [0, 0.1) is 0 Å². The first-order valence-corrected chi connectivity index (χ1v) is 10.8. The lowest BCUT2D eigenvalue weighted by atomic mass is 10.1. The Hall–Kier alpha value is -1.70. The summed E-state index contributed by atoms with van der Waals surface area (Å²) >= 11 is 8.48. The van der Waals surface area contributed by atoms with E-state index in [1.54, 1.807) is 29.8 Å². The van der Waals surface area contributed by atoms with Crippen molar-refractivity contribution in [2.24, 2.45) is 0 Å². The minimum atomic E-state index is -0.0242. The van der Waals surface area contributed by atoms with Gasteiger partial charge in [-0.1, -0.05) is 48.7 Å². The van der Waals surface area contributed by atoms with Gasteiger partial charge in [-0.2, -0.15) is 0 Å². The van der Waals surface area contributed by atoms with Crippen LogP contribution >= 0.6 is 35.7 Å². The van der Waals surface area contributed by atoms with Crippen LogP contribution in [-0.4, -0.2) is 35.3 Å². The van der Waals surface area contributed by atoms with Crippen LogP contribution in [0.5, 0.6) is 5.75 Å². The maximum Gasteiger partial charge on any atom is 0.266 e. The van der Waals surface area contributed by atoms with Gasteiger partial charge in [0.15, 0.2) is 0 Å². The predicted octanol–water partition coefficient (Wildman–Crippen LogP) is 5.18. The van der Waals surface area contributed by atoms with Gasteiger partial charge in [-0.05, 0) is 37.1 Å². The summed E-state index contributed by atoms with van der Waals surface area (Å²) < 4.78 is 5.97. The van der Waals surface area contributed by atoms with Gasteiger partial charge in [-0.25, -0.2) is 0 Å². The summed E-state index contributed by atoms with van der Waals surface area (Å²) in [5.41, 5.74) is 2.15. The average molecular weight is 419 g/mol. The number of benzene rings is 1. The van der Waals surface area contributed by atoms with Crippen molar-refractivity contribution in [1.82, 2.24) is 4.90 Å². The highest BCUT2D eigenvalue weighted by Crippen LogP contribution is 2.48. The number of rotatable bonds is 6. The fourth-order valence-corrected chi connectivity index (χ4v) is 5.56. The van der Waals surface area contributed by atoms with E-state index in [2.05, 4.69) is 43.5 Å². The number of allylic oxidation sites excluding steroid dienone is 2. The van der Waals surface area contributed by atoms with Crippen LogP contribution in [0.3, 0.4) is 0 Å². The number of hydrogen-bond acceptors (Lipinski definition) is 6. The summed E-state index contributed by atoms with van der Waals surface area (Å²) in [6, 6.07) is 6.11. The Morgan fingerprint density at radius 2 is 2.07 bits per heavy atom. The fourth-order valence-electron chi connectivity index (χ4n) is 3.00. The summed E-state index contributed by atoms with van der Waals surface area (Å²) in [7, 11) is 1.68. The first kappa shape index (κ1) is 20.0. The monoisotopic (exact) mass is 418 g/mol. The first-order valence-electron chi connectivity index (χ1n) is 8.76. The molecular weight excluding hydrogens is 396 g/mol. The van der Waals surface area contributed by atoms with Crippen molar-refractivity contribution in [3.05, 3.63) is 52.4 Å². The van der Waals surface area contributed by atoms with Gasteiger partial charge < -0.3 is 9.64 Å². The molecule has 0 radical (unpaired) electrons. The van der Waals surface area contributed by atoms with Gasteiger partial charge >= 0.3 is 0 Å². The van der Waals surface area contributed by atoms with E-state index in [0.29, 0.717) is 10.9 Å². The van der Waals surface area contributed by atoms with Crippen LogP contribution in [0.15, 0.2) is 57.3 Å². The van der Waals surface area contributed by atoms with Crippen molar-refractivity contribution in [1.29, 1.82) is 0 Å². The second-order valence-corrected chi connectivity index (χ2v) is 8.65. The second kappa shape index (κ2) is 8.54. The summed E-state index contributed by atoms with van der Waals surface area (Å²) in [6.45, 7) is 9.19. The third kappa shape index (κ3) is 3.81. The van der Waals surface area contributed by atoms with Crippen LogP contribution in [0.25, 0.3) is 0 Å². The SMILES string of the molecule is C=CCN1C(=O)/C(=C(/C=C2/Sc3ccc(OC)cc3N2CC)CC)SC1=S. The van der Waals surface area contributed by atoms with Gasteiger partial charge in [0, 0.05) is 24.1 Å². The second-order valence-electron chi connectivity index (χ2n) is 5.94. The number of fused-ring (bicyclic) bond motifs is 1. The minimum Gasteiger partial charge on any atom is -0.497 e. The number of thiocarbonyl (C=S) groups is 1. The highest BCUT2D eigenvalue weighted by molar-refractivity contribution is 8.26. The molecule has 1 amide bonds. The molecule has 2 heterocycles. The minimum absolute atomic E-state index is 0.0242. The quantitative estimate of drug-likeness (QED) is 0.360. The normalized spacial score (nSPS) is 19.7. The van der Waals surface area contributed by atoms with E-state index in [0.717, 1.165) is 39.9 Å².